The van der Waals surface area contributed by atoms with Crippen LogP contribution in [0.2, 0.25) is 0 Å². The standard InChI is InChI=1S/C53H42/c1-41(43-23-9-5-10-26-44-28-15-16-29-45(44)27-14-13-24-43)21-19-22-42-39-52(48-32-11-6-12-33-48)51-36-20-35-50(53(51)40-42)49-34-8-4-2-3-7-25-46-30-17-18-31-47(46)37-38-49/h2-38,40H,1,39H2/b3-2?,4-2+,7-3+,8-4?,9-5-,10-5?,14-13?,21-19-,23-9?,24-13+,25-7?,26-10-,27-14-,34-8-,38-37?,42-22+,43-23+,43-24?,44-26?,45-27?,46-25-,47-37-,49-34?,49-38+. The normalized spacial score (nSPS) is 23.5. The van der Waals surface area contributed by atoms with Crippen LogP contribution in [0.1, 0.15) is 28.7 Å². The number of fused-ring (bicyclic) bond motifs is 3. The molecule has 254 valence electrons. The maximum atomic E-state index is 4.44. The van der Waals surface area contributed by atoms with E-state index in [1.807, 2.05) is 0 Å². The number of benzene rings is 4. The summed E-state index contributed by atoms with van der Waals surface area (Å²) in [6, 6.07) is 34.4. The fourth-order valence-corrected chi connectivity index (χ4v) is 6.68. The van der Waals surface area contributed by atoms with Crippen LogP contribution in [0.4, 0.5) is 0 Å². The molecule has 0 saturated carbocycles. The fourth-order valence-electron chi connectivity index (χ4n) is 6.68. The van der Waals surface area contributed by atoms with Crippen LogP contribution >= 0.6 is 0 Å². The zero-order valence-corrected chi connectivity index (χ0v) is 29.9. The summed E-state index contributed by atoms with van der Waals surface area (Å²) in [4.78, 5) is 0. The minimum absolute atomic E-state index is 0.834. The summed E-state index contributed by atoms with van der Waals surface area (Å²) >= 11 is 0. The lowest BCUT2D eigenvalue weighted by molar-refractivity contribution is 1.24. The average molecular weight is 679 g/mol. The number of rotatable bonds is 5. The first-order valence-corrected chi connectivity index (χ1v) is 18.2. The molecule has 4 aromatic rings. The van der Waals surface area contributed by atoms with Gasteiger partial charge in [0.15, 0.2) is 0 Å². The summed E-state index contributed by atoms with van der Waals surface area (Å²) in [5, 5.41) is 4.87. The van der Waals surface area contributed by atoms with Crippen LogP contribution in [0.3, 0.4) is 0 Å². The topological polar surface area (TPSA) is 0 Å². The lowest BCUT2D eigenvalue weighted by Gasteiger charge is -2.17. The third kappa shape index (κ3) is 8.95. The molecule has 0 heterocycles. The average Bonchev–Trinajstić information content (AvgIpc) is 3.18. The van der Waals surface area contributed by atoms with Crippen molar-refractivity contribution in [3.63, 3.8) is 0 Å². The van der Waals surface area contributed by atoms with Gasteiger partial charge in [0, 0.05) is 0 Å². The van der Waals surface area contributed by atoms with Crippen molar-refractivity contribution < 1.29 is 0 Å². The molecule has 0 N–H and O–H groups in total. The van der Waals surface area contributed by atoms with Crippen molar-refractivity contribution in [2.24, 2.45) is 0 Å². The van der Waals surface area contributed by atoms with Gasteiger partial charge < -0.3 is 0 Å². The number of hydrogen-bond acceptors (Lipinski definition) is 0. The highest BCUT2D eigenvalue weighted by atomic mass is 14.2. The molecule has 0 radical (unpaired) electrons. The molecule has 0 amide bonds. The van der Waals surface area contributed by atoms with Crippen LogP contribution in [0, 0.1) is 0 Å². The maximum absolute atomic E-state index is 4.44. The Balaban J connectivity index is 1.27. The maximum Gasteiger partial charge on any atom is -0.00134 e. The van der Waals surface area contributed by atoms with Gasteiger partial charge in [0.25, 0.3) is 0 Å². The molecule has 0 atom stereocenters. The third-order valence-electron chi connectivity index (χ3n) is 9.42. The van der Waals surface area contributed by atoms with E-state index in [0.29, 0.717) is 0 Å². The summed E-state index contributed by atoms with van der Waals surface area (Å²) in [7, 11) is 0. The minimum atomic E-state index is 0.834. The highest BCUT2D eigenvalue weighted by molar-refractivity contribution is 5.83. The Hall–Kier alpha value is -6.76. The van der Waals surface area contributed by atoms with Crippen molar-refractivity contribution in [3.8, 4) is 0 Å². The monoisotopic (exact) mass is 678 g/mol. The second kappa shape index (κ2) is 17.4. The van der Waals surface area contributed by atoms with Crippen molar-refractivity contribution in [2.45, 2.75) is 6.42 Å². The van der Waals surface area contributed by atoms with E-state index >= 15 is 0 Å². The predicted octanol–water partition coefficient (Wildman–Crippen LogP) is 10.2. The SMILES string of the molecule is C=C(/C=C\C=C1\C=c2c(C3=C/C=c4/cccc/c4=C/C=C/C=C/C=C\3)cccc2=C(c2ccccc2)C1)C1=C/C=C\C=C/c2ccccc2/C=C\C=C\1. The van der Waals surface area contributed by atoms with E-state index in [-0.39, 0.29) is 0 Å². The lowest BCUT2D eigenvalue weighted by atomic mass is 9.87. The first-order chi connectivity index (χ1) is 26.2. The molecule has 0 nitrogen and oxygen atoms in total. The van der Waals surface area contributed by atoms with E-state index in [9.17, 15) is 0 Å². The second-order valence-corrected chi connectivity index (χ2v) is 13.0. The molecule has 0 saturated heterocycles. The van der Waals surface area contributed by atoms with Crippen LogP contribution in [0.15, 0.2) is 224 Å². The molecular weight excluding hydrogens is 637 g/mol. The van der Waals surface area contributed by atoms with Crippen molar-refractivity contribution >= 4 is 41.5 Å². The van der Waals surface area contributed by atoms with Gasteiger partial charge in [0.1, 0.15) is 0 Å². The summed E-state index contributed by atoms with van der Waals surface area (Å²) in [5.74, 6) is 0. The smallest absolute Gasteiger partial charge is 0.00134 e. The van der Waals surface area contributed by atoms with Gasteiger partial charge in [-0.2, -0.15) is 0 Å². The van der Waals surface area contributed by atoms with E-state index in [1.54, 1.807) is 0 Å². The highest BCUT2D eigenvalue weighted by Gasteiger charge is 2.13. The van der Waals surface area contributed by atoms with Crippen LogP contribution in [-0.2, 0) is 0 Å². The molecule has 3 aliphatic carbocycles. The first kappa shape index (κ1) is 34.7. The van der Waals surface area contributed by atoms with Gasteiger partial charge >= 0.3 is 0 Å². The predicted molar refractivity (Wildman–Crippen MR) is 231 cm³/mol. The highest BCUT2D eigenvalue weighted by Crippen LogP contribution is 2.24. The Morgan fingerprint density at radius 2 is 1.17 bits per heavy atom. The lowest BCUT2D eigenvalue weighted by Crippen LogP contribution is -2.33. The minimum Gasteiger partial charge on any atom is -0.0912 e. The van der Waals surface area contributed by atoms with Crippen LogP contribution < -0.4 is 20.9 Å². The van der Waals surface area contributed by atoms with Gasteiger partial charge in [-0.25, -0.2) is 0 Å². The Kier molecular flexibility index (Phi) is 11.4. The van der Waals surface area contributed by atoms with E-state index < -0.39 is 0 Å². The molecule has 4 aromatic carbocycles. The molecule has 3 aliphatic rings. The summed E-state index contributed by atoms with van der Waals surface area (Å²) in [6.07, 6.45) is 47.9. The quantitative estimate of drug-likeness (QED) is 0.184. The zero-order chi connectivity index (χ0) is 36.1. The Bertz CT molecular complexity index is 2610. The zero-order valence-electron chi connectivity index (χ0n) is 29.9. The van der Waals surface area contributed by atoms with Gasteiger partial charge in [-0.05, 0) is 77.4 Å². The second-order valence-electron chi connectivity index (χ2n) is 13.0. The summed E-state index contributed by atoms with van der Waals surface area (Å²) < 4.78 is 0. The molecule has 0 bridgehead atoms. The van der Waals surface area contributed by atoms with E-state index in [1.165, 1.54) is 54.3 Å². The van der Waals surface area contributed by atoms with Gasteiger partial charge in [-0.3, -0.25) is 0 Å². The van der Waals surface area contributed by atoms with Crippen molar-refractivity contribution in [3.05, 3.63) is 267 Å². The van der Waals surface area contributed by atoms with Gasteiger partial charge in [-0.15, -0.1) is 0 Å². The number of allylic oxidation sites excluding steroid dienone is 21. The largest absolute Gasteiger partial charge is 0.0912 e. The number of hydrogen-bond donors (Lipinski definition) is 0. The summed E-state index contributed by atoms with van der Waals surface area (Å²) in [6.45, 7) is 4.44. The van der Waals surface area contributed by atoms with E-state index in [4.69, 9.17) is 0 Å². The Morgan fingerprint density at radius 3 is 2.00 bits per heavy atom. The molecule has 0 fully saturated rings. The molecule has 0 aliphatic heterocycles. The van der Waals surface area contributed by atoms with Crippen molar-refractivity contribution in [2.75, 3.05) is 0 Å². The van der Waals surface area contributed by atoms with E-state index in [2.05, 4.69) is 237 Å². The van der Waals surface area contributed by atoms with Crippen molar-refractivity contribution in [1.82, 2.24) is 0 Å². The van der Waals surface area contributed by atoms with Crippen LogP contribution in [-0.4, -0.2) is 0 Å². The Labute approximate surface area is 313 Å². The van der Waals surface area contributed by atoms with Crippen LogP contribution in [0.25, 0.3) is 41.5 Å². The molecule has 0 unspecified atom stereocenters. The molecule has 0 aromatic heterocycles. The fraction of sp³-hybridized carbons (Fsp3) is 0.0189. The molecule has 0 heteroatoms. The first-order valence-electron chi connectivity index (χ1n) is 18.2. The van der Waals surface area contributed by atoms with Gasteiger partial charge in [0.05, 0.1) is 0 Å². The summed E-state index contributed by atoms with van der Waals surface area (Å²) in [5.41, 5.74) is 10.6. The van der Waals surface area contributed by atoms with Gasteiger partial charge in [-0.1, -0.05) is 237 Å². The molecule has 53 heavy (non-hydrogen) atoms. The van der Waals surface area contributed by atoms with Gasteiger partial charge in [0.2, 0.25) is 0 Å². The molecule has 7 rings (SSSR count). The van der Waals surface area contributed by atoms with Crippen LogP contribution in [0.5, 0.6) is 0 Å². The van der Waals surface area contributed by atoms with E-state index in [0.717, 1.165) is 23.1 Å². The third-order valence-corrected chi connectivity index (χ3v) is 9.42. The molecule has 0 spiro atoms. The Morgan fingerprint density at radius 1 is 0.528 bits per heavy atom. The molecular formula is C53H42. The van der Waals surface area contributed by atoms with Crippen molar-refractivity contribution in [1.29, 1.82) is 0 Å².